The first-order chi connectivity index (χ1) is 6.68. The van der Waals surface area contributed by atoms with Crippen LogP contribution in [0.1, 0.15) is 5.82 Å². The second kappa shape index (κ2) is 3.64. The Morgan fingerprint density at radius 2 is 2.43 bits per heavy atom. The fraction of sp³-hybridized carbons (Fsp3) is 0. The van der Waals surface area contributed by atoms with Crippen molar-refractivity contribution in [1.82, 2.24) is 14.5 Å². The molecule has 0 aliphatic rings. The molecule has 2 aromatic rings. The van der Waals surface area contributed by atoms with Crippen molar-refractivity contribution >= 4 is 40.1 Å². The van der Waals surface area contributed by atoms with E-state index in [1.165, 1.54) is 11.3 Å². The Balaban J connectivity index is 2.51. The van der Waals surface area contributed by atoms with Crippen LogP contribution in [-0.2, 0) is 0 Å². The minimum atomic E-state index is 0.237. The van der Waals surface area contributed by atoms with Gasteiger partial charge < -0.3 is 5.73 Å². The highest BCUT2D eigenvalue weighted by Crippen LogP contribution is 2.19. The highest BCUT2D eigenvalue weighted by atomic mass is 35.5. The standard InChI is InChI=1S/C7H5ClN4S2/c8-4-3-14-7(11-4)12-2-1-10-6(12)5(9)13/h1-3H,(H2,9,13). The number of halogens is 1. The van der Waals surface area contributed by atoms with Gasteiger partial charge in [0.25, 0.3) is 0 Å². The van der Waals surface area contributed by atoms with Gasteiger partial charge in [0.2, 0.25) is 0 Å². The highest BCUT2D eigenvalue weighted by Gasteiger charge is 2.09. The Morgan fingerprint density at radius 1 is 1.64 bits per heavy atom. The maximum atomic E-state index is 5.71. The molecule has 2 rings (SSSR count). The summed E-state index contributed by atoms with van der Waals surface area (Å²) >= 11 is 12.0. The van der Waals surface area contributed by atoms with Gasteiger partial charge in [0, 0.05) is 17.8 Å². The number of thiazole rings is 1. The van der Waals surface area contributed by atoms with Gasteiger partial charge >= 0.3 is 0 Å². The largest absolute Gasteiger partial charge is 0.387 e. The molecule has 2 N–H and O–H groups in total. The van der Waals surface area contributed by atoms with Crippen LogP contribution in [-0.4, -0.2) is 19.5 Å². The van der Waals surface area contributed by atoms with E-state index in [4.69, 9.17) is 29.6 Å². The van der Waals surface area contributed by atoms with Gasteiger partial charge in [-0.15, -0.1) is 11.3 Å². The van der Waals surface area contributed by atoms with Crippen LogP contribution in [0.3, 0.4) is 0 Å². The van der Waals surface area contributed by atoms with E-state index in [-0.39, 0.29) is 4.99 Å². The van der Waals surface area contributed by atoms with Gasteiger partial charge in [0.15, 0.2) is 11.0 Å². The summed E-state index contributed by atoms with van der Waals surface area (Å²) in [6.45, 7) is 0. The maximum absolute atomic E-state index is 5.71. The van der Waals surface area contributed by atoms with Crippen molar-refractivity contribution in [3.8, 4) is 5.13 Å². The predicted molar refractivity (Wildman–Crippen MR) is 60.1 cm³/mol. The van der Waals surface area contributed by atoms with Gasteiger partial charge in [0.1, 0.15) is 10.1 Å². The summed E-state index contributed by atoms with van der Waals surface area (Å²) in [6, 6.07) is 0. The monoisotopic (exact) mass is 244 g/mol. The first-order valence-electron chi connectivity index (χ1n) is 3.63. The first-order valence-corrected chi connectivity index (χ1v) is 5.29. The summed E-state index contributed by atoms with van der Waals surface area (Å²) in [5, 5.41) is 2.89. The van der Waals surface area contributed by atoms with Crippen molar-refractivity contribution in [2.75, 3.05) is 0 Å². The lowest BCUT2D eigenvalue weighted by atomic mass is 10.6. The van der Waals surface area contributed by atoms with E-state index in [0.29, 0.717) is 16.1 Å². The van der Waals surface area contributed by atoms with E-state index in [0.717, 1.165) is 0 Å². The zero-order valence-electron chi connectivity index (χ0n) is 6.85. The van der Waals surface area contributed by atoms with Gasteiger partial charge in [-0.2, -0.15) is 0 Å². The molecule has 4 nitrogen and oxygen atoms in total. The Morgan fingerprint density at radius 3 is 3.00 bits per heavy atom. The molecule has 0 fully saturated rings. The number of hydrogen-bond donors (Lipinski definition) is 1. The normalized spacial score (nSPS) is 10.4. The molecule has 2 heterocycles. The molecule has 0 amide bonds. The minimum absolute atomic E-state index is 0.237. The quantitative estimate of drug-likeness (QED) is 0.816. The Bertz CT molecular complexity index is 475. The topological polar surface area (TPSA) is 56.7 Å². The van der Waals surface area contributed by atoms with E-state index in [1.54, 1.807) is 22.3 Å². The van der Waals surface area contributed by atoms with Gasteiger partial charge in [-0.1, -0.05) is 23.8 Å². The van der Waals surface area contributed by atoms with Crippen LogP contribution in [0.25, 0.3) is 5.13 Å². The van der Waals surface area contributed by atoms with E-state index >= 15 is 0 Å². The maximum Gasteiger partial charge on any atom is 0.196 e. The molecule has 72 valence electrons. The van der Waals surface area contributed by atoms with Gasteiger partial charge in [-0.05, 0) is 0 Å². The summed E-state index contributed by atoms with van der Waals surface area (Å²) in [4.78, 5) is 8.35. The molecule has 0 bridgehead atoms. The average Bonchev–Trinajstić information content (AvgIpc) is 2.70. The summed E-state index contributed by atoms with van der Waals surface area (Å²) in [6.07, 6.45) is 3.35. The molecule has 14 heavy (non-hydrogen) atoms. The number of aromatic nitrogens is 3. The molecule has 0 aliphatic heterocycles. The number of thiocarbonyl (C=S) groups is 1. The molecule has 2 aromatic heterocycles. The van der Waals surface area contributed by atoms with Crippen LogP contribution in [0, 0.1) is 0 Å². The van der Waals surface area contributed by atoms with Crippen LogP contribution >= 0.6 is 35.2 Å². The van der Waals surface area contributed by atoms with Crippen LogP contribution in [0.15, 0.2) is 17.8 Å². The first kappa shape index (κ1) is 9.57. The molecule has 0 atom stereocenters. The highest BCUT2D eigenvalue weighted by molar-refractivity contribution is 7.80. The van der Waals surface area contributed by atoms with Crippen molar-refractivity contribution in [2.45, 2.75) is 0 Å². The summed E-state index contributed by atoms with van der Waals surface area (Å²) in [5.74, 6) is 0.519. The van der Waals surface area contributed by atoms with Crippen LogP contribution in [0.4, 0.5) is 0 Å². The summed E-state index contributed by atoms with van der Waals surface area (Å²) < 4.78 is 1.71. The third kappa shape index (κ3) is 1.63. The molecule has 0 saturated heterocycles. The number of hydrogen-bond acceptors (Lipinski definition) is 4. The third-order valence-corrected chi connectivity index (χ3v) is 2.88. The van der Waals surface area contributed by atoms with E-state index < -0.39 is 0 Å². The Labute approximate surface area is 94.4 Å². The average molecular weight is 245 g/mol. The molecule has 0 saturated carbocycles. The van der Waals surface area contributed by atoms with E-state index in [9.17, 15) is 0 Å². The lowest BCUT2D eigenvalue weighted by molar-refractivity contribution is 1.01. The van der Waals surface area contributed by atoms with Gasteiger partial charge in [-0.3, -0.25) is 4.57 Å². The zero-order chi connectivity index (χ0) is 10.1. The lowest BCUT2D eigenvalue weighted by Crippen LogP contribution is -2.15. The van der Waals surface area contributed by atoms with Crippen molar-refractivity contribution in [1.29, 1.82) is 0 Å². The van der Waals surface area contributed by atoms with Crippen LogP contribution < -0.4 is 5.73 Å². The number of nitrogens with zero attached hydrogens (tertiary/aromatic N) is 3. The van der Waals surface area contributed by atoms with Crippen molar-refractivity contribution in [2.24, 2.45) is 5.73 Å². The lowest BCUT2D eigenvalue weighted by Gasteiger charge is -2.00. The second-order valence-corrected chi connectivity index (χ2v) is 4.10. The molecule has 7 heteroatoms. The fourth-order valence-electron chi connectivity index (χ4n) is 0.996. The van der Waals surface area contributed by atoms with Crippen molar-refractivity contribution in [3.05, 3.63) is 28.8 Å². The fourth-order valence-corrected chi connectivity index (χ4v) is 2.08. The Hall–Kier alpha value is -0.980. The second-order valence-electron chi connectivity index (χ2n) is 2.44. The van der Waals surface area contributed by atoms with Gasteiger partial charge in [-0.25, -0.2) is 9.97 Å². The van der Waals surface area contributed by atoms with Crippen molar-refractivity contribution in [3.63, 3.8) is 0 Å². The van der Waals surface area contributed by atoms with Crippen LogP contribution in [0.2, 0.25) is 5.15 Å². The molecular formula is C7H5ClN4S2. The van der Waals surface area contributed by atoms with Crippen LogP contribution in [0.5, 0.6) is 0 Å². The number of imidazole rings is 1. The third-order valence-electron chi connectivity index (χ3n) is 1.53. The molecular weight excluding hydrogens is 240 g/mol. The zero-order valence-corrected chi connectivity index (χ0v) is 9.23. The minimum Gasteiger partial charge on any atom is -0.387 e. The molecule has 0 aromatic carbocycles. The molecule has 0 radical (unpaired) electrons. The Kier molecular flexibility index (Phi) is 2.49. The summed E-state index contributed by atoms with van der Waals surface area (Å²) in [7, 11) is 0. The smallest absolute Gasteiger partial charge is 0.196 e. The predicted octanol–water partition coefficient (Wildman–Crippen LogP) is 1.62. The number of rotatable bonds is 2. The van der Waals surface area contributed by atoms with Crippen molar-refractivity contribution < 1.29 is 0 Å². The van der Waals surface area contributed by atoms with Gasteiger partial charge in [0.05, 0.1) is 0 Å². The summed E-state index contributed by atoms with van der Waals surface area (Å²) in [5.41, 5.74) is 5.50. The molecule has 0 aliphatic carbocycles. The molecule has 0 spiro atoms. The van der Waals surface area contributed by atoms with E-state index in [1.807, 2.05) is 0 Å². The van der Waals surface area contributed by atoms with E-state index in [2.05, 4.69) is 9.97 Å². The molecule has 0 unspecified atom stereocenters. The number of nitrogens with two attached hydrogens (primary N) is 1. The SMILES string of the molecule is NC(=S)c1nccn1-c1nc(Cl)cs1.